The maximum Gasteiger partial charge on any atom is 0.218 e. The molecule has 3 nitrogen and oxygen atoms in total. The van der Waals surface area contributed by atoms with Gasteiger partial charge in [-0.2, -0.15) is 5.26 Å². The van der Waals surface area contributed by atoms with E-state index < -0.39 is 11.6 Å². The Morgan fingerprint density at radius 1 is 1.23 bits per heavy atom. The summed E-state index contributed by atoms with van der Waals surface area (Å²) in [4.78, 5) is 4.18. The molecule has 0 unspecified atom stereocenters. The van der Waals surface area contributed by atoms with Gasteiger partial charge in [0, 0.05) is 17.2 Å². The van der Waals surface area contributed by atoms with Crippen molar-refractivity contribution in [2.45, 2.75) is 32.3 Å². The fraction of sp³-hybridized carbons (Fsp3) is 0.294. The lowest BCUT2D eigenvalue weighted by Gasteiger charge is -2.32. The van der Waals surface area contributed by atoms with Crippen molar-refractivity contribution in [3.63, 3.8) is 0 Å². The summed E-state index contributed by atoms with van der Waals surface area (Å²) in [6.07, 6.45) is 1.41. The summed E-state index contributed by atoms with van der Waals surface area (Å²) in [6.45, 7) is 3.88. The molecule has 1 aliphatic rings. The minimum absolute atomic E-state index is 0.148. The van der Waals surface area contributed by atoms with Crippen LogP contribution in [0.3, 0.4) is 0 Å². The van der Waals surface area contributed by atoms with Crippen molar-refractivity contribution in [2.24, 2.45) is 0 Å². The molecule has 0 aliphatic carbocycles. The quantitative estimate of drug-likeness (QED) is 0.799. The Kier molecular flexibility index (Phi) is 3.32. The number of nitrogens with zero attached hydrogens (tertiary/aromatic N) is 2. The van der Waals surface area contributed by atoms with Crippen LogP contribution in [0.4, 0.5) is 8.78 Å². The minimum Gasteiger partial charge on any atom is -0.471 e. The summed E-state index contributed by atoms with van der Waals surface area (Å²) in [7, 11) is 0. The first-order chi connectivity index (χ1) is 10.4. The molecule has 0 radical (unpaired) electrons. The molecule has 5 heteroatoms. The molecule has 0 spiro atoms. The Balaban J connectivity index is 2.22. The van der Waals surface area contributed by atoms with Crippen LogP contribution in [-0.4, -0.2) is 10.6 Å². The van der Waals surface area contributed by atoms with E-state index in [2.05, 4.69) is 4.98 Å². The molecule has 22 heavy (non-hydrogen) atoms. The van der Waals surface area contributed by atoms with E-state index in [-0.39, 0.29) is 16.9 Å². The number of pyridine rings is 1. The smallest absolute Gasteiger partial charge is 0.218 e. The first-order valence-corrected chi connectivity index (χ1v) is 6.98. The van der Waals surface area contributed by atoms with Crippen molar-refractivity contribution in [3.8, 4) is 23.1 Å². The van der Waals surface area contributed by atoms with Crippen LogP contribution >= 0.6 is 0 Å². The first kappa shape index (κ1) is 14.5. The fourth-order valence-corrected chi connectivity index (χ4v) is 2.62. The van der Waals surface area contributed by atoms with Gasteiger partial charge in [-0.1, -0.05) is 0 Å². The predicted octanol–water partition coefficient (Wildman–Crippen LogP) is 4.00. The molecule has 0 saturated heterocycles. The van der Waals surface area contributed by atoms with Gasteiger partial charge in [-0.3, -0.25) is 0 Å². The fourth-order valence-electron chi connectivity index (χ4n) is 2.62. The summed E-state index contributed by atoms with van der Waals surface area (Å²) < 4.78 is 33.1. The maximum atomic E-state index is 14.1. The summed E-state index contributed by atoms with van der Waals surface area (Å²) in [5, 5.41) is 9.13. The van der Waals surface area contributed by atoms with Crippen molar-refractivity contribution < 1.29 is 13.5 Å². The van der Waals surface area contributed by atoms with Gasteiger partial charge in [0.1, 0.15) is 29.0 Å². The Hall–Kier alpha value is -2.48. The van der Waals surface area contributed by atoms with Crippen LogP contribution in [0.5, 0.6) is 5.88 Å². The highest BCUT2D eigenvalue weighted by molar-refractivity contribution is 5.71. The second kappa shape index (κ2) is 5.06. The summed E-state index contributed by atoms with van der Waals surface area (Å²) >= 11 is 0. The topological polar surface area (TPSA) is 45.9 Å². The largest absolute Gasteiger partial charge is 0.471 e. The number of fused-ring (bicyclic) bond motifs is 1. The third-order valence-electron chi connectivity index (χ3n) is 3.77. The van der Waals surface area contributed by atoms with Crippen molar-refractivity contribution in [2.75, 3.05) is 0 Å². The second-order valence-corrected chi connectivity index (χ2v) is 5.94. The molecular weight excluding hydrogens is 286 g/mol. The number of hydrogen-bond acceptors (Lipinski definition) is 3. The van der Waals surface area contributed by atoms with E-state index in [1.165, 1.54) is 18.2 Å². The Morgan fingerprint density at radius 3 is 2.68 bits per heavy atom. The zero-order valence-corrected chi connectivity index (χ0v) is 12.3. The number of rotatable bonds is 1. The SMILES string of the molecule is CC1(C)CCc2c(-c3ccc(F)cc3F)cc(C#N)nc2O1. The van der Waals surface area contributed by atoms with E-state index in [1.54, 1.807) is 0 Å². The minimum atomic E-state index is -0.665. The molecule has 112 valence electrons. The molecule has 0 bridgehead atoms. The first-order valence-electron chi connectivity index (χ1n) is 6.98. The third kappa shape index (κ3) is 2.52. The second-order valence-electron chi connectivity index (χ2n) is 5.94. The molecule has 2 heterocycles. The van der Waals surface area contributed by atoms with Crippen LogP contribution in [-0.2, 0) is 6.42 Å². The van der Waals surface area contributed by atoms with Gasteiger partial charge in [0.05, 0.1) is 0 Å². The average molecular weight is 300 g/mol. The predicted molar refractivity (Wildman–Crippen MR) is 77.3 cm³/mol. The van der Waals surface area contributed by atoms with Gasteiger partial charge >= 0.3 is 0 Å². The number of halogens is 2. The van der Waals surface area contributed by atoms with E-state index in [1.807, 2.05) is 19.9 Å². The van der Waals surface area contributed by atoms with Crippen LogP contribution in [0.15, 0.2) is 24.3 Å². The van der Waals surface area contributed by atoms with Crippen LogP contribution in [0, 0.1) is 23.0 Å². The number of aromatic nitrogens is 1. The zero-order valence-electron chi connectivity index (χ0n) is 12.3. The monoisotopic (exact) mass is 300 g/mol. The molecule has 1 aromatic carbocycles. The van der Waals surface area contributed by atoms with Crippen molar-refractivity contribution >= 4 is 0 Å². The Morgan fingerprint density at radius 2 is 2.00 bits per heavy atom. The lowest BCUT2D eigenvalue weighted by Crippen LogP contribution is -2.33. The van der Waals surface area contributed by atoms with E-state index in [0.717, 1.165) is 18.1 Å². The molecular formula is C17H14F2N2O. The third-order valence-corrected chi connectivity index (χ3v) is 3.77. The number of benzene rings is 1. The summed E-state index contributed by atoms with van der Waals surface area (Å²) in [6, 6.07) is 6.89. The molecule has 0 N–H and O–H groups in total. The van der Waals surface area contributed by atoms with Crippen molar-refractivity contribution in [1.82, 2.24) is 4.98 Å². The molecule has 2 aromatic rings. The van der Waals surface area contributed by atoms with Gasteiger partial charge in [-0.05, 0) is 50.5 Å². The number of hydrogen-bond donors (Lipinski definition) is 0. The zero-order chi connectivity index (χ0) is 15.9. The van der Waals surface area contributed by atoms with Gasteiger partial charge in [0.25, 0.3) is 0 Å². The normalized spacial score (nSPS) is 15.6. The van der Waals surface area contributed by atoms with Crippen LogP contribution in [0.1, 0.15) is 31.5 Å². The Bertz CT molecular complexity index is 794. The molecule has 0 saturated carbocycles. The standard InChI is InChI=1S/C17H14F2N2O/c1-17(2)6-5-13-14(8-11(9-20)21-16(13)22-17)12-4-3-10(18)7-15(12)19/h3-4,7-8H,5-6H2,1-2H3. The number of nitriles is 1. The lowest BCUT2D eigenvalue weighted by atomic mass is 9.90. The molecule has 3 rings (SSSR count). The number of ether oxygens (including phenoxy) is 1. The lowest BCUT2D eigenvalue weighted by molar-refractivity contribution is 0.0785. The van der Waals surface area contributed by atoms with Crippen molar-refractivity contribution in [1.29, 1.82) is 5.26 Å². The summed E-state index contributed by atoms with van der Waals surface area (Å²) in [5.74, 6) is -0.946. The maximum absolute atomic E-state index is 14.1. The molecule has 1 aromatic heterocycles. The average Bonchev–Trinajstić information content (AvgIpc) is 2.45. The van der Waals surface area contributed by atoms with Crippen molar-refractivity contribution in [3.05, 3.63) is 47.2 Å². The van der Waals surface area contributed by atoms with E-state index >= 15 is 0 Å². The van der Waals surface area contributed by atoms with Gasteiger partial charge < -0.3 is 4.74 Å². The van der Waals surface area contributed by atoms with Crippen LogP contribution in [0.2, 0.25) is 0 Å². The van der Waals surface area contributed by atoms with Gasteiger partial charge in [0.15, 0.2) is 0 Å². The van der Waals surface area contributed by atoms with E-state index in [4.69, 9.17) is 10.00 Å². The van der Waals surface area contributed by atoms with Crippen LogP contribution < -0.4 is 4.74 Å². The van der Waals surface area contributed by atoms with Gasteiger partial charge in [-0.25, -0.2) is 13.8 Å². The molecule has 0 fully saturated rings. The van der Waals surface area contributed by atoms with Gasteiger partial charge in [0.2, 0.25) is 5.88 Å². The van der Waals surface area contributed by atoms with E-state index in [9.17, 15) is 8.78 Å². The Labute approximate surface area is 127 Å². The highest BCUT2D eigenvalue weighted by Gasteiger charge is 2.30. The highest BCUT2D eigenvalue weighted by atomic mass is 19.1. The highest BCUT2D eigenvalue weighted by Crippen LogP contribution is 2.39. The molecule has 1 aliphatic heterocycles. The summed E-state index contributed by atoms with van der Waals surface area (Å²) in [5.41, 5.74) is 1.31. The van der Waals surface area contributed by atoms with Crippen LogP contribution in [0.25, 0.3) is 11.1 Å². The molecule has 0 atom stereocenters. The van der Waals surface area contributed by atoms with Gasteiger partial charge in [-0.15, -0.1) is 0 Å². The van der Waals surface area contributed by atoms with E-state index in [0.29, 0.717) is 17.9 Å². The molecule has 0 amide bonds.